The molecule has 5 aliphatic rings. The molecule has 2 N–H and O–H groups in total. The van der Waals surface area contributed by atoms with Crippen molar-refractivity contribution in [2.45, 2.75) is 70.6 Å². The smallest absolute Gasteiger partial charge is 0.408 e. The number of halogens is 4. The van der Waals surface area contributed by atoms with E-state index in [4.69, 9.17) is 9.47 Å². The van der Waals surface area contributed by atoms with Gasteiger partial charge in [0.05, 0.1) is 12.2 Å². The van der Waals surface area contributed by atoms with E-state index in [9.17, 15) is 23.1 Å². The van der Waals surface area contributed by atoms with E-state index in [-0.39, 0.29) is 50.7 Å². The lowest BCUT2D eigenvalue weighted by atomic mass is 9.80. The van der Waals surface area contributed by atoms with Crippen molar-refractivity contribution in [3.05, 3.63) is 70.4 Å². The molecule has 1 saturated heterocycles. The highest BCUT2D eigenvalue weighted by Gasteiger charge is 2.39. The lowest BCUT2D eigenvalue weighted by Gasteiger charge is -2.37. The molecule has 0 aromatic carbocycles. The largest absolute Gasteiger partial charge is 0.464 e. The second kappa shape index (κ2) is 11.8. The fourth-order valence-corrected chi connectivity index (χ4v) is 5.80. The fourth-order valence-electron chi connectivity index (χ4n) is 5.80. The number of hydrogen-bond donors (Lipinski definition) is 2. The second-order valence-corrected chi connectivity index (χ2v) is 12.4. The van der Waals surface area contributed by atoms with Gasteiger partial charge in [0.25, 0.3) is 5.92 Å². The molecule has 3 heterocycles. The molecule has 3 aliphatic heterocycles. The number of alkyl halides is 2. The number of fused-ring (bicyclic) bond motifs is 1. The first-order valence-corrected chi connectivity index (χ1v) is 14.4. The van der Waals surface area contributed by atoms with Gasteiger partial charge in [-0.1, -0.05) is 6.08 Å². The van der Waals surface area contributed by atoms with Crippen molar-refractivity contribution in [2.75, 3.05) is 19.6 Å². The van der Waals surface area contributed by atoms with Crippen LogP contribution < -0.4 is 5.32 Å². The van der Waals surface area contributed by atoms with E-state index in [1.54, 1.807) is 31.9 Å². The Balaban J connectivity index is 1.31. The highest BCUT2D eigenvalue weighted by Crippen LogP contribution is 2.46. The number of carbonyl (C=O) groups is 1. The molecule has 0 saturated carbocycles. The topological polar surface area (TPSA) is 83.4 Å². The summed E-state index contributed by atoms with van der Waals surface area (Å²) in [7, 11) is 0. The molecular formula is C31H37F4N3O4. The molecule has 0 radical (unpaired) electrons. The minimum atomic E-state index is -2.69. The van der Waals surface area contributed by atoms with Crippen molar-refractivity contribution < 1.29 is 36.9 Å². The Bertz CT molecular complexity index is 1310. The van der Waals surface area contributed by atoms with Gasteiger partial charge in [0, 0.05) is 61.5 Å². The van der Waals surface area contributed by atoms with Gasteiger partial charge in [-0.3, -0.25) is 9.89 Å². The maximum Gasteiger partial charge on any atom is 0.408 e. The summed E-state index contributed by atoms with van der Waals surface area (Å²) >= 11 is 0. The summed E-state index contributed by atoms with van der Waals surface area (Å²) in [6.07, 6.45) is 8.53. The number of likely N-dealkylation sites (tertiary alicyclic amines) is 1. The number of amides is 1. The van der Waals surface area contributed by atoms with E-state index in [1.807, 2.05) is 18.2 Å². The Labute approximate surface area is 243 Å². The molecule has 1 amide bonds. The average Bonchev–Trinajstić information content (AvgIpc) is 3.34. The molecule has 5 rings (SSSR count). The number of hydrogen-bond acceptors (Lipinski definition) is 6. The highest BCUT2D eigenvalue weighted by atomic mass is 19.3. The minimum Gasteiger partial charge on any atom is -0.464 e. The number of piperidine rings is 1. The Hall–Kier alpha value is -3.18. The number of ether oxygens (including phenoxy) is 2. The molecule has 0 bridgehead atoms. The van der Waals surface area contributed by atoms with Crippen molar-refractivity contribution in [3.63, 3.8) is 0 Å². The number of rotatable bonds is 6. The first kappa shape index (κ1) is 30.3. The van der Waals surface area contributed by atoms with Crippen LogP contribution in [0.5, 0.6) is 0 Å². The van der Waals surface area contributed by atoms with Gasteiger partial charge in [-0.2, -0.15) is 0 Å². The van der Waals surface area contributed by atoms with Gasteiger partial charge in [0.15, 0.2) is 0 Å². The van der Waals surface area contributed by atoms with E-state index in [2.05, 4.69) is 10.3 Å². The van der Waals surface area contributed by atoms with Crippen molar-refractivity contribution >= 4 is 12.3 Å². The van der Waals surface area contributed by atoms with Crippen molar-refractivity contribution in [2.24, 2.45) is 22.7 Å². The number of alkyl carbamates (subject to hydrolysis) is 1. The fraction of sp³-hybridized carbons (Fsp3) is 0.548. The van der Waals surface area contributed by atoms with E-state index in [1.165, 1.54) is 6.08 Å². The maximum absolute atomic E-state index is 15.0. The van der Waals surface area contributed by atoms with E-state index >= 15 is 4.39 Å². The maximum atomic E-state index is 15.0. The molecule has 2 aliphatic carbocycles. The molecule has 42 heavy (non-hydrogen) atoms. The Morgan fingerprint density at radius 3 is 2.60 bits per heavy atom. The summed E-state index contributed by atoms with van der Waals surface area (Å²) < 4.78 is 67.3. The number of aliphatic hydroxyl groups is 1. The van der Waals surface area contributed by atoms with Crippen LogP contribution >= 0.6 is 0 Å². The molecular weight excluding hydrogens is 554 g/mol. The van der Waals surface area contributed by atoms with Gasteiger partial charge in [0.1, 0.15) is 35.0 Å². The van der Waals surface area contributed by atoms with E-state index in [0.717, 1.165) is 11.6 Å². The van der Waals surface area contributed by atoms with Crippen LogP contribution in [0.2, 0.25) is 0 Å². The summed E-state index contributed by atoms with van der Waals surface area (Å²) in [5.74, 6) is -4.19. The Kier molecular flexibility index (Phi) is 8.53. The normalized spacial score (nSPS) is 28.5. The number of nitrogens with one attached hydrogen (secondary N) is 1. The predicted molar refractivity (Wildman–Crippen MR) is 150 cm³/mol. The molecule has 1 fully saturated rings. The van der Waals surface area contributed by atoms with Gasteiger partial charge in [0.2, 0.25) is 0 Å². The second-order valence-electron chi connectivity index (χ2n) is 12.4. The monoisotopic (exact) mass is 591 g/mol. The number of aliphatic imine (C=N–C) groups is 1. The number of nitrogens with zero attached hydrogens (tertiary/aromatic N) is 2. The molecule has 0 aromatic rings. The summed E-state index contributed by atoms with van der Waals surface area (Å²) in [4.78, 5) is 18.4. The van der Waals surface area contributed by atoms with E-state index in [0.29, 0.717) is 35.6 Å². The van der Waals surface area contributed by atoms with Crippen molar-refractivity contribution in [3.8, 4) is 0 Å². The first-order chi connectivity index (χ1) is 19.8. The Morgan fingerprint density at radius 1 is 1.21 bits per heavy atom. The molecule has 4 atom stereocenters. The quantitative estimate of drug-likeness (QED) is 0.351. The number of carbonyl (C=O) groups excluding carboxylic acids is 1. The van der Waals surface area contributed by atoms with Crippen molar-refractivity contribution in [1.29, 1.82) is 0 Å². The molecule has 7 nitrogen and oxygen atoms in total. The standard InChI is InChI=1S/C31H37F4N3O4/c1-30(2,3)42-29(40)37-17-22-13-20-12-19(14-24(27(20)41-22)23-6-5-21(32)15-25(23)33)26-7-4-18(16-36-26)28(39)38-10-8-31(34,35)9-11-38/h5,7,13-16,18,20,23,28,39H,4,6,8-12,17H2,1-3H3,(H,37,40). The van der Waals surface area contributed by atoms with Gasteiger partial charge in [-0.25, -0.2) is 22.4 Å². The van der Waals surface area contributed by atoms with Crippen LogP contribution in [-0.4, -0.2) is 59.7 Å². The van der Waals surface area contributed by atoms with Gasteiger partial charge in [-0.15, -0.1) is 0 Å². The van der Waals surface area contributed by atoms with Gasteiger partial charge < -0.3 is 19.9 Å². The molecule has 0 aromatic heterocycles. The third-order valence-electron chi connectivity index (χ3n) is 7.96. The van der Waals surface area contributed by atoms with Crippen LogP contribution in [-0.2, 0) is 9.47 Å². The Morgan fingerprint density at radius 2 is 1.95 bits per heavy atom. The van der Waals surface area contributed by atoms with Crippen LogP contribution in [0.15, 0.2) is 75.4 Å². The van der Waals surface area contributed by atoms with Crippen LogP contribution in [0.4, 0.5) is 22.4 Å². The molecule has 0 spiro atoms. The molecule has 4 unspecified atom stereocenters. The third kappa shape index (κ3) is 7.06. The van der Waals surface area contributed by atoms with Crippen LogP contribution in [0.1, 0.15) is 52.9 Å². The first-order valence-electron chi connectivity index (χ1n) is 14.4. The lowest BCUT2D eigenvalue weighted by Crippen LogP contribution is -2.48. The summed E-state index contributed by atoms with van der Waals surface area (Å²) in [5.41, 5.74) is 1.44. The molecule has 228 valence electrons. The zero-order chi connectivity index (χ0) is 30.2. The summed E-state index contributed by atoms with van der Waals surface area (Å²) in [6, 6.07) is 0. The predicted octanol–water partition coefficient (Wildman–Crippen LogP) is 6.38. The molecule has 11 heteroatoms. The summed E-state index contributed by atoms with van der Waals surface area (Å²) in [5, 5.41) is 13.5. The van der Waals surface area contributed by atoms with Crippen LogP contribution in [0.25, 0.3) is 0 Å². The van der Waals surface area contributed by atoms with E-state index < -0.39 is 41.4 Å². The van der Waals surface area contributed by atoms with Crippen molar-refractivity contribution in [1.82, 2.24) is 10.2 Å². The minimum absolute atomic E-state index is 0.0812. The summed E-state index contributed by atoms with van der Waals surface area (Å²) in [6.45, 7) is 5.61. The zero-order valence-electron chi connectivity index (χ0n) is 24.0. The average molecular weight is 592 g/mol. The number of aliphatic hydroxyl groups excluding tert-OH is 1. The SMILES string of the molecule is CC(C)(C)OC(=O)NCC1=CC2CC(C3=CCC(C(O)N4CCC(F)(F)CC4)C=N3)=CC(C3CC=C(F)C=C3F)=C2O1. The van der Waals surface area contributed by atoms with Gasteiger partial charge >= 0.3 is 6.09 Å². The lowest BCUT2D eigenvalue weighted by molar-refractivity contribution is -0.102. The van der Waals surface area contributed by atoms with Crippen LogP contribution in [0, 0.1) is 17.8 Å². The number of allylic oxidation sites excluding steroid dienone is 9. The zero-order valence-corrected chi connectivity index (χ0v) is 24.0. The third-order valence-corrected chi connectivity index (χ3v) is 7.96. The van der Waals surface area contributed by atoms with Crippen LogP contribution in [0.3, 0.4) is 0 Å². The highest BCUT2D eigenvalue weighted by molar-refractivity contribution is 5.68. The van der Waals surface area contributed by atoms with Gasteiger partial charge in [-0.05, 0) is 63.8 Å².